The van der Waals surface area contributed by atoms with Gasteiger partial charge < -0.3 is 10.2 Å². The summed E-state index contributed by atoms with van der Waals surface area (Å²) in [6, 6.07) is 4.17. The first kappa shape index (κ1) is 15.6. The predicted octanol–water partition coefficient (Wildman–Crippen LogP) is 4.05. The van der Waals surface area contributed by atoms with E-state index in [1.807, 2.05) is 4.90 Å². The van der Waals surface area contributed by atoms with Gasteiger partial charge in [-0.05, 0) is 53.5 Å². The van der Waals surface area contributed by atoms with Crippen LogP contribution in [0.25, 0.3) is 0 Å². The van der Waals surface area contributed by atoms with Gasteiger partial charge in [0.05, 0.1) is 11.3 Å². The van der Waals surface area contributed by atoms with E-state index >= 15 is 0 Å². The lowest BCUT2D eigenvalue weighted by Crippen LogP contribution is -2.33. The van der Waals surface area contributed by atoms with Gasteiger partial charge in [-0.2, -0.15) is 13.2 Å². The molecule has 112 valence electrons. The summed E-state index contributed by atoms with van der Waals surface area (Å²) in [5, 5.41) is 3.42. The molecule has 1 aliphatic heterocycles. The molecule has 0 spiro atoms. The molecule has 0 amide bonds. The van der Waals surface area contributed by atoms with E-state index in [1.165, 1.54) is 12.1 Å². The molecular weight excluding hydrogens is 333 g/mol. The molecule has 1 aliphatic rings. The highest BCUT2D eigenvalue weighted by Crippen LogP contribution is 2.36. The molecule has 1 saturated heterocycles. The molecule has 2 nitrogen and oxygen atoms in total. The summed E-state index contributed by atoms with van der Waals surface area (Å²) in [7, 11) is 0. The number of benzene rings is 1. The summed E-state index contributed by atoms with van der Waals surface area (Å²) in [5.74, 6) is 0. The van der Waals surface area contributed by atoms with Gasteiger partial charge in [0.25, 0.3) is 0 Å². The molecule has 20 heavy (non-hydrogen) atoms. The third-order valence-corrected chi connectivity index (χ3v) is 4.16. The normalized spacial score (nSPS) is 19.6. The smallest absolute Gasteiger partial charge is 0.369 e. The van der Waals surface area contributed by atoms with Crippen molar-refractivity contribution in [1.29, 1.82) is 0 Å². The molecular formula is C14H18BrF3N2. The second kappa shape index (κ2) is 6.35. The largest absolute Gasteiger partial charge is 0.416 e. The zero-order valence-corrected chi connectivity index (χ0v) is 12.9. The van der Waals surface area contributed by atoms with Gasteiger partial charge in [0.2, 0.25) is 0 Å². The molecule has 2 rings (SSSR count). The van der Waals surface area contributed by atoms with Gasteiger partial charge in [0.1, 0.15) is 0 Å². The molecule has 1 N–H and O–H groups in total. The first-order valence-electron chi connectivity index (χ1n) is 6.77. The minimum atomic E-state index is -4.30. The highest BCUT2D eigenvalue weighted by Gasteiger charge is 2.32. The van der Waals surface area contributed by atoms with Crippen molar-refractivity contribution in [3.05, 3.63) is 28.2 Å². The number of nitrogens with one attached hydrogen (secondary N) is 1. The van der Waals surface area contributed by atoms with Gasteiger partial charge in [-0.25, -0.2) is 0 Å². The first-order valence-corrected chi connectivity index (χ1v) is 7.56. The SMILES string of the molecule is CCCNC1CCN(c2cc(C(F)(F)F)ccc2Br)C1. The van der Waals surface area contributed by atoms with Crippen molar-refractivity contribution in [3.63, 3.8) is 0 Å². The fourth-order valence-electron chi connectivity index (χ4n) is 2.43. The number of nitrogens with zero attached hydrogens (tertiary/aromatic N) is 1. The maximum absolute atomic E-state index is 12.8. The van der Waals surface area contributed by atoms with Crippen molar-refractivity contribution in [2.75, 3.05) is 24.5 Å². The van der Waals surface area contributed by atoms with Crippen molar-refractivity contribution in [2.24, 2.45) is 0 Å². The van der Waals surface area contributed by atoms with E-state index in [2.05, 4.69) is 28.2 Å². The molecule has 1 atom stereocenters. The Bertz CT molecular complexity index is 462. The number of hydrogen-bond acceptors (Lipinski definition) is 2. The van der Waals surface area contributed by atoms with Gasteiger partial charge in [-0.3, -0.25) is 0 Å². The van der Waals surface area contributed by atoms with E-state index in [4.69, 9.17) is 0 Å². The molecule has 1 aromatic carbocycles. The zero-order valence-electron chi connectivity index (χ0n) is 11.3. The van der Waals surface area contributed by atoms with Crippen LogP contribution in [0.3, 0.4) is 0 Å². The highest BCUT2D eigenvalue weighted by molar-refractivity contribution is 9.10. The number of hydrogen-bond donors (Lipinski definition) is 1. The van der Waals surface area contributed by atoms with Gasteiger partial charge in [-0.15, -0.1) is 0 Å². The van der Waals surface area contributed by atoms with Crippen molar-refractivity contribution < 1.29 is 13.2 Å². The lowest BCUT2D eigenvalue weighted by Gasteiger charge is -2.22. The average molecular weight is 351 g/mol. The Morgan fingerprint density at radius 3 is 2.80 bits per heavy atom. The van der Waals surface area contributed by atoms with Crippen LogP contribution in [0.5, 0.6) is 0 Å². The fourth-order valence-corrected chi connectivity index (χ4v) is 2.92. The van der Waals surface area contributed by atoms with E-state index in [0.29, 0.717) is 16.2 Å². The average Bonchev–Trinajstić information content (AvgIpc) is 2.84. The second-order valence-electron chi connectivity index (χ2n) is 5.05. The molecule has 1 aromatic rings. The Labute approximate surface area is 125 Å². The molecule has 0 radical (unpaired) electrons. The van der Waals surface area contributed by atoms with Crippen LogP contribution in [0, 0.1) is 0 Å². The molecule has 0 bridgehead atoms. The van der Waals surface area contributed by atoms with Crippen LogP contribution in [0.15, 0.2) is 22.7 Å². The Hall–Kier alpha value is -0.750. The summed E-state index contributed by atoms with van der Waals surface area (Å²) in [4.78, 5) is 2.01. The Morgan fingerprint density at radius 1 is 1.40 bits per heavy atom. The van der Waals surface area contributed by atoms with Gasteiger partial charge in [0, 0.05) is 23.6 Å². The van der Waals surface area contributed by atoms with Crippen LogP contribution >= 0.6 is 15.9 Å². The number of halogens is 4. The highest BCUT2D eigenvalue weighted by atomic mass is 79.9. The van der Waals surface area contributed by atoms with Crippen LogP contribution in [-0.2, 0) is 6.18 Å². The third kappa shape index (κ3) is 3.67. The van der Waals surface area contributed by atoms with Crippen molar-refractivity contribution in [3.8, 4) is 0 Å². The third-order valence-electron chi connectivity index (χ3n) is 3.49. The van der Waals surface area contributed by atoms with Gasteiger partial charge >= 0.3 is 6.18 Å². The van der Waals surface area contributed by atoms with Gasteiger partial charge in [-0.1, -0.05) is 6.92 Å². The summed E-state index contributed by atoms with van der Waals surface area (Å²) >= 11 is 3.35. The molecule has 0 saturated carbocycles. The lowest BCUT2D eigenvalue weighted by molar-refractivity contribution is -0.137. The van der Waals surface area contributed by atoms with E-state index in [9.17, 15) is 13.2 Å². The molecule has 0 aliphatic carbocycles. The Balaban J connectivity index is 2.13. The van der Waals surface area contributed by atoms with Crippen LogP contribution < -0.4 is 10.2 Å². The summed E-state index contributed by atoms with van der Waals surface area (Å²) in [5.41, 5.74) is 0.0290. The van der Waals surface area contributed by atoms with Gasteiger partial charge in [0.15, 0.2) is 0 Å². The minimum absolute atomic E-state index is 0.358. The Morgan fingerprint density at radius 2 is 2.15 bits per heavy atom. The monoisotopic (exact) mass is 350 g/mol. The molecule has 6 heteroatoms. The van der Waals surface area contributed by atoms with E-state index < -0.39 is 11.7 Å². The standard InChI is InChI=1S/C14H18BrF3N2/c1-2-6-19-11-5-7-20(9-11)13-8-10(14(16,17)18)3-4-12(13)15/h3-4,8,11,19H,2,5-7,9H2,1H3. The van der Waals surface area contributed by atoms with Crippen LogP contribution in [0.4, 0.5) is 18.9 Å². The van der Waals surface area contributed by atoms with Crippen molar-refractivity contribution in [1.82, 2.24) is 5.32 Å². The summed E-state index contributed by atoms with van der Waals surface area (Å²) < 4.78 is 39.1. The summed E-state index contributed by atoms with van der Waals surface area (Å²) in [6.07, 6.45) is -2.28. The quantitative estimate of drug-likeness (QED) is 0.881. The first-order chi connectivity index (χ1) is 9.41. The van der Waals surface area contributed by atoms with Crippen LogP contribution in [-0.4, -0.2) is 25.7 Å². The Kier molecular flexibility index (Phi) is 4.96. The molecule has 0 aromatic heterocycles. The van der Waals surface area contributed by atoms with Crippen LogP contribution in [0.1, 0.15) is 25.3 Å². The maximum Gasteiger partial charge on any atom is 0.416 e. The number of alkyl halides is 3. The van der Waals surface area contributed by atoms with E-state index in [1.54, 1.807) is 0 Å². The fraction of sp³-hybridized carbons (Fsp3) is 0.571. The van der Waals surface area contributed by atoms with Crippen molar-refractivity contribution in [2.45, 2.75) is 32.0 Å². The predicted molar refractivity (Wildman–Crippen MR) is 78.1 cm³/mol. The maximum atomic E-state index is 12.8. The van der Waals surface area contributed by atoms with E-state index in [-0.39, 0.29) is 0 Å². The molecule has 1 fully saturated rings. The van der Waals surface area contributed by atoms with Crippen molar-refractivity contribution >= 4 is 21.6 Å². The molecule has 1 unspecified atom stereocenters. The minimum Gasteiger partial charge on any atom is -0.369 e. The number of rotatable bonds is 4. The second-order valence-corrected chi connectivity index (χ2v) is 5.90. The lowest BCUT2D eigenvalue weighted by atomic mass is 10.2. The molecule has 1 heterocycles. The topological polar surface area (TPSA) is 15.3 Å². The van der Waals surface area contributed by atoms with E-state index in [0.717, 1.165) is 38.5 Å². The van der Waals surface area contributed by atoms with Crippen LogP contribution in [0.2, 0.25) is 0 Å². The number of anilines is 1. The zero-order chi connectivity index (χ0) is 14.8. The summed E-state index contributed by atoms with van der Waals surface area (Å²) in [6.45, 7) is 4.58.